The van der Waals surface area contributed by atoms with Gasteiger partial charge >= 0.3 is 0 Å². The minimum Gasteiger partial charge on any atom is -0.279 e. The lowest BCUT2D eigenvalue weighted by atomic mass is 10.1. The zero-order chi connectivity index (χ0) is 17.6. The van der Waals surface area contributed by atoms with E-state index in [9.17, 15) is 12.8 Å². The highest BCUT2D eigenvalue weighted by atomic mass is 32.2. The number of halogens is 1. The van der Waals surface area contributed by atoms with E-state index in [2.05, 4.69) is 4.90 Å². The third kappa shape index (κ3) is 2.78. The highest BCUT2D eigenvalue weighted by Gasteiger charge is 2.47. The molecule has 2 saturated heterocycles. The normalized spacial score (nSPS) is 24.6. The van der Waals surface area contributed by atoms with Crippen LogP contribution in [0.25, 0.3) is 0 Å². The molecule has 0 amide bonds. The lowest BCUT2D eigenvalue weighted by Crippen LogP contribution is -2.35. The molecular formula is C19H21FN2O2S. The van der Waals surface area contributed by atoms with Gasteiger partial charge in [-0.3, -0.25) is 4.90 Å². The molecule has 2 fully saturated rings. The Labute approximate surface area is 147 Å². The molecule has 2 aliphatic rings. The molecule has 2 aliphatic heterocycles. The molecule has 4 nitrogen and oxygen atoms in total. The van der Waals surface area contributed by atoms with Crippen LogP contribution in [0, 0.1) is 12.7 Å². The Kier molecular flexibility index (Phi) is 4.14. The van der Waals surface area contributed by atoms with Gasteiger partial charge in [0.2, 0.25) is 10.0 Å². The minimum atomic E-state index is -3.69. The predicted octanol–water partition coefficient (Wildman–Crippen LogP) is 3.30. The summed E-state index contributed by atoms with van der Waals surface area (Å²) < 4.78 is 41.7. The smallest absolute Gasteiger partial charge is 0.244 e. The molecule has 4 rings (SSSR count). The number of benzene rings is 2. The summed E-state index contributed by atoms with van der Waals surface area (Å²) in [6.07, 6.45) is 1.82. The Morgan fingerprint density at radius 1 is 1.12 bits per heavy atom. The molecule has 0 radical (unpaired) electrons. The molecule has 0 aromatic heterocycles. The number of hydrogen-bond acceptors (Lipinski definition) is 3. The van der Waals surface area contributed by atoms with Gasteiger partial charge in [0.25, 0.3) is 0 Å². The second-order valence-electron chi connectivity index (χ2n) is 6.80. The first kappa shape index (κ1) is 16.7. The topological polar surface area (TPSA) is 40.6 Å². The van der Waals surface area contributed by atoms with Gasteiger partial charge in [-0.15, -0.1) is 0 Å². The Morgan fingerprint density at radius 3 is 2.60 bits per heavy atom. The second-order valence-corrected chi connectivity index (χ2v) is 8.69. The fraction of sp³-hybridized carbons (Fsp3) is 0.368. The van der Waals surface area contributed by atoms with Crippen LogP contribution in [-0.2, 0) is 10.0 Å². The molecule has 0 N–H and O–H groups in total. The third-order valence-electron chi connectivity index (χ3n) is 5.23. The van der Waals surface area contributed by atoms with Gasteiger partial charge < -0.3 is 0 Å². The Morgan fingerprint density at radius 2 is 1.88 bits per heavy atom. The standard InChI is InChI=1S/C19H21FN2O2S/c1-14-12-17(9-10-18(14)20)25(23,24)22-13-16-8-5-11-21(16)19(22)15-6-3-2-4-7-15/h2-4,6-7,9-10,12,16,19H,5,8,11,13H2,1H3. The maximum atomic E-state index is 13.6. The average Bonchev–Trinajstić information content (AvgIpc) is 3.19. The fourth-order valence-electron chi connectivity index (χ4n) is 3.97. The molecule has 0 bridgehead atoms. The maximum Gasteiger partial charge on any atom is 0.244 e. The zero-order valence-corrected chi connectivity index (χ0v) is 14.9. The van der Waals surface area contributed by atoms with E-state index < -0.39 is 10.0 Å². The number of rotatable bonds is 3. The summed E-state index contributed by atoms with van der Waals surface area (Å²) in [5.41, 5.74) is 1.33. The first-order chi connectivity index (χ1) is 12.0. The van der Waals surface area contributed by atoms with E-state index in [-0.39, 0.29) is 22.9 Å². The molecule has 2 heterocycles. The molecule has 0 saturated carbocycles. The lowest BCUT2D eigenvalue weighted by molar-refractivity contribution is 0.198. The molecule has 0 aliphatic carbocycles. The highest BCUT2D eigenvalue weighted by Crippen LogP contribution is 2.41. The van der Waals surface area contributed by atoms with Crippen LogP contribution >= 0.6 is 0 Å². The van der Waals surface area contributed by atoms with E-state index in [1.807, 2.05) is 30.3 Å². The monoisotopic (exact) mass is 360 g/mol. The minimum absolute atomic E-state index is 0.161. The van der Waals surface area contributed by atoms with Crippen LogP contribution in [0.3, 0.4) is 0 Å². The quantitative estimate of drug-likeness (QED) is 0.843. The van der Waals surface area contributed by atoms with Crippen molar-refractivity contribution in [3.63, 3.8) is 0 Å². The maximum absolute atomic E-state index is 13.6. The fourth-order valence-corrected chi connectivity index (χ4v) is 5.69. The molecule has 2 unspecified atom stereocenters. The van der Waals surface area contributed by atoms with E-state index in [0.717, 1.165) is 24.9 Å². The molecule has 6 heteroatoms. The second kappa shape index (κ2) is 6.20. The Bertz CT molecular complexity index is 886. The van der Waals surface area contributed by atoms with Gasteiger partial charge in [-0.25, -0.2) is 12.8 Å². The van der Waals surface area contributed by atoms with E-state index in [1.165, 1.54) is 18.2 Å². The van der Waals surface area contributed by atoms with Crippen LogP contribution in [0.2, 0.25) is 0 Å². The van der Waals surface area contributed by atoms with Crippen molar-refractivity contribution in [2.45, 2.75) is 36.9 Å². The van der Waals surface area contributed by atoms with Gasteiger partial charge in [-0.2, -0.15) is 4.31 Å². The number of sulfonamides is 1. The summed E-state index contributed by atoms with van der Waals surface area (Å²) in [7, 11) is -3.69. The van der Waals surface area contributed by atoms with Crippen molar-refractivity contribution in [3.05, 3.63) is 65.5 Å². The number of nitrogens with zero attached hydrogens (tertiary/aromatic N) is 2. The van der Waals surface area contributed by atoms with Crippen molar-refractivity contribution in [1.82, 2.24) is 9.21 Å². The van der Waals surface area contributed by atoms with Crippen molar-refractivity contribution in [2.24, 2.45) is 0 Å². The molecule has 132 valence electrons. The van der Waals surface area contributed by atoms with Crippen molar-refractivity contribution in [1.29, 1.82) is 0 Å². The first-order valence-electron chi connectivity index (χ1n) is 8.57. The van der Waals surface area contributed by atoms with Crippen molar-refractivity contribution < 1.29 is 12.8 Å². The summed E-state index contributed by atoms with van der Waals surface area (Å²) in [5, 5.41) is 0. The van der Waals surface area contributed by atoms with Gasteiger partial charge in [0, 0.05) is 19.1 Å². The SMILES string of the molecule is Cc1cc(S(=O)(=O)N2CC3CCCN3C2c2ccccc2)ccc1F. The van der Waals surface area contributed by atoms with Gasteiger partial charge in [0.15, 0.2) is 0 Å². The largest absolute Gasteiger partial charge is 0.279 e. The number of fused-ring (bicyclic) bond motifs is 1. The van der Waals surface area contributed by atoms with Crippen LogP contribution in [0.5, 0.6) is 0 Å². The van der Waals surface area contributed by atoms with E-state index >= 15 is 0 Å². The number of hydrogen-bond donors (Lipinski definition) is 0. The van der Waals surface area contributed by atoms with Gasteiger partial charge in [0.1, 0.15) is 12.0 Å². The van der Waals surface area contributed by atoms with E-state index in [4.69, 9.17) is 0 Å². The first-order valence-corrected chi connectivity index (χ1v) is 10.0. The van der Waals surface area contributed by atoms with Crippen molar-refractivity contribution in [3.8, 4) is 0 Å². The van der Waals surface area contributed by atoms with Crippen LogP contribution < -0.4 is 0 Å². The molecule has 2 aromatic rings. The Balaban J connectivity index is 1.78. The molecule has 0 spiro atoms. The number of aryl methyl sites for hydroxylation is 1. The molecular weight excluding hydrogens is 339 g/mol. The highest BCUT2D eigenvalue weighted by molar-refractivity contribution is 7.89. The van der Waals surface area contributed by atoms with Crippen molar-refractivity contribution in [2.75, 3.05) is 13.1 Å². The van der Waals surface area contributed by atoms with Gasteiger partial charge in [0.05, 0.1) is 4.90 Å². The predicted molar refractivity (Wildman–Crippen MR) is 93.9 cm³/mol. The zero-order valence-electron chi connectivity index (χ0n) is 14.1. The summed E-state index contributed by atoms with van der Waals surface area (Å²) >= 11 is 0. The van der Waals surface area contributed by atoms with Crippen LogP contribution in [0.1, 0.15) is 30.1 Å². The molecule has 2 aromatic carbocycles. The molecule has 2 atom stereocenters. The van der Waals surface area contributed by atoms with E-state index in [1.54, 1.807) is 11.2 Å². The Hall–Kier alpha value is -1.76. The third-order valence-corrected chi connectivity index (χ3v) is 7.05. The summed E-state index contributed by atoms with van der Waals surface area (Å²) in [4.78, 5) is 2.44. The summed E-state index contributed by atoms with van der Waals surface area (Å²) in [6, 6.07) is 14.0. The van der Waals surface area contributed by atoms with Crippen LogP contribution in [-0.4, -0.2) is 36.8 Å². The van der Waals surface area contributed by atoms with Gasteiger partial charge in [-0.1, -0.05) is 30.3 Å². The van der Waals surface area contributed by atoms with Crippen LogP contribution in [0.4, 0.5) is 4.39 Å². The summed E-state index contributed by atoms with van der Waals surface area (Å²) in [5.74, 6) is -0.388. The van der Waals surface area contributed by atoms with Crippen molar-refractivity contribution >= 4 is 10.0 Å². The average molecular weight is 360 g/mol. The van der Waals surface area contributed by atoms with Crippen LogP contribution in [0.15, 0.2) is 53.4 Å². The summed E-state index contributed by atoms with van der Waals surface area (Å²) in [6.45, 7) is 2.97. The van der Waals surface area contributed by atoms with E-state index in [0.29, 0.717) is 12.1 Å². The van der Waals surface area contributed by atoms with Gasteiger partial charge in [-0.05, 0) is 49.1 Å². The molecule has 25 heavy (non-hydrogen) atoms. The lowest BCUT2D eigenvalue weighted by Gasteiger charge is -2.29.